The second-order valence-electron chi connectivity index (χ2n) is 3.67. The number of carbonyl (C=O) groups is 2. The monoisotopic (exact) mass is 208 g/mol. The van der Waals surface area contributed by atoms with Crippen LogP contribution in [0.4, 0.5) is 0 Å². The van der Waals surface area contributed by atoms with Gasteiger partial charge in [-0.15, -0.1) is 0 Å². The zero-order chi connectivity index (χ0) is 11.1. The largest absolute Gasteiger partial charge is 0.456 e. The van der Waals surface area contributed by atoms with Crippen LogP contribution < -0.4 is 0 Å². The Morgan fingerprint density at radius 3 is 2.47 bits per heavy atom. The average Bonchev–Trinajstić information content (AvgIpc) is 2.27. The summed E-state index contributed by atoms with van der Waals surface area (Å²) in [6.07, 6.45) is 5.22. The van der Waals surface area contributed by atoms with Crippen LogP contribution in [0.15, 0.2) is 0 Å². The SMILES string of the molecule is CCOC(=O)C#CC(=O)C1CCCCC1. The summed E-state index contributed by atoms with van der Waals surface area (Å²) in [6.45, 7) is 2.01. The van der Waals surface area contributed by atoms with Crippen LogP contribution in [0.5, 0.6) is 0 Å². The molecule has 0 aromatic heterocycles. The summed E-state index contributed by atoms with van der Waals surface area (Å²) in [6, 6.07) is 0. The second kappa shape index (κ2) is 6.23. The van der Waals surface area contributed by atoms with Crippen molar-refractivity contribution < 1.29 is 14.3 Å². The molecule has 0 spiro atoms. The Kier molecular flexibility index (Phi) is 4.89. The van der Waals surface area contributed by atoms with Gasteiger partial charge < -0.3 is 4.74 Å². The van der Waals surface area contributed by atoms with Gasteiger partial charge in [0.2, 0.25) is 5.78 Å². The van der Waals surface area contributed by atoms with Crippen molar-refractivity contribution in [3.05, 3.63) is 0 Å². The van der Waals surface area contributed by atoms with E-state index in [-0.39, 0.29) is 11.7 Å². The first-order chi connectivity index (χ1) is 7.24. The van der Waals surface area contributed by atoms with Crippen molar-refractivity contribution in [2.75, 3.05) is 6.61 Å². The van der Waals surface area contributed by atoms with Gasteiger partial charge in [-0.25, -0.2) is 4.79 Å². The van der Waals surface area contributed by atoms with Gasteiger partial charge in [0.05, 0.1) is 6.61 Å². The Hall–Kier alpha value is -1.30. The van der Waals surface area contributed by atoms with Gasteiger partial charge in [0.25, 0.3) is 0 Å². The van der Waals surface area contributed by atoms with Gasteiger partial charge in [-0.1, -0.05) is 19.3 Å². The molecule has 82 valence electrons. The molecule has 0 unspecified atom stereocenters. The topological polar surface area (TPSA) is 43.4 Å². The Labute approximate surface area is 90.2 Å². The minimum atomic E-state index is -0.610. The van der Waals surface area contributed by atoms with Gasteiger partial charge in [0.1, 0.15) is 0 Å². The van der Waals surface area contributed by atoms with Crippen molar-refractivity contribution in [2.45, 2.75) is 39.0 Å². The van der Waals surface area contributed by atoms with Crippen molar-refractivity contribution >= 4 is 11.8 Å². The Morgan fingerprint density at radius 1 is 1.20 bits per heavy atom. The Morgan fingerprint density at radius 2 is 1.87 bits per heavy atom. The van der Waals surface area contributed by atoms with Crippen LogP contribution in [-0.4, -0.2) is 18.4 Å². The lowest BCUT2D eigenvalue weighted by Crippen LogP contribution is -2.16. The van der Waals surface area contributed by atoms with Crippen LogP contribution in [0.2, 0.25) is 0 Å². The minimum absolute atomic E-state index is 0.0423. The van der Waals surface area contributed by atoms with E-state index >= 15 is 0 Å². The maximum atomic E-state index is 11.5. The molecular formula is C12H16O3. The third-order valence-corrected chi connectivity index (χ3v) is 2.54. The second-order valence-corrected chi connectivity index (χ2v) is 3.67. The average molecular weight is 208 g/mol. The third kappa shape index (κ3) is 4.16. The van der Waals surface area contributed by atoms with Gasteiger partial charge in [-0.2, -0.15) is 0 Å². The van der Waals surface area contributed by atoms with Gasteiger partial charge in [0.15, 0.2) is 0 Å². The van der Waals surface area contributed by atoms with Gasteiger partial charge >= 0.3 is 5.97 Å². The number of carbonyl (C=O) groups excluding carboxylic acids is 2. The summed E-state index contributed by atoms with van der Waals surface area (Å²) >= 11 is 0. The molecule has 1 fully saturated rings. The first-order valence-electron chi connectivity index (χ1n) is 5.46. The highest BCUT2D eigenvalue weighted by Crippen LogP contribution is 2.23. The molecule has 0 atom stereocenters. The smallest absolute Gasteiger partial charge is 0.384 e. The fourth-order valence-electron chi connectivity index (χ4n) is 1.75. The molecule has 3 nitrogen and oxygen atoms in total. The van der Waals surface area contributed by atoms with Crippen LogP contribution in [0.25, 0.3) is 0 Å². The summed E-state index contributed by atoms with van der Waals surface area (Å²) in [5.41, 5.74) is 0. The molecule has 0 aromatic carbocycles. The summed E-state index contributed by atoms with van der Waals surface area (Å²) in [4.78, 5) is 22.4. The highest BCUT2D eigenvalue weighted by molar-refractivity contribution is 6.03. The third-order valence-electron chi connectivity index (χ3n) is 2.54. The number of ether oxygens (including phenoxy) is 1. The van der Waals surface area contributed by atoms with E-state index in [0.717, 1.165) is 25.7 Å². The summed E-state index contributed by atoms with van der Waals surface area (Å²) in [7, 11) is 0. The number of Topliss-reactive ketones (excluding diaryl/α,β-unsaturated/α-hetero) is 1. The molecule has 1 aliphatic rings. The number of ketones is 1. The molecule has 1 aliphatic carbocycles. The zero-order valence-corrected chi connectivity index (χ0v) is 9.04. The lowest BCUT2D eigenvalue weighted by Gasteiger charge is -2.17. The van der Waals surface area contributed by atoms with Crippen LogP contribution >= 0.6 is 0 Å². The first-order valence-corrected chi connectivity index (χ1v) is 5.46. The predicted molar refractivity (Wildman–Crippen MR) is 56.0 cm³/mol. The van der Waals surface area contributed by atoms with E-state index in [1.807, 2.05) is 0 Å². The Bertz CT molecular complexity index is 290. The molecule has 0 aromatic rings. The van der Waals surface area contributed by atoms with E-state index in [9.17, 15) is 9.59 Å². The molecule has 1 rings (SSSR count). The Balaban J connectivity index is 2.42. The van der Waals surface area contributed by atoms with E-state index in [0.29, 0.717) is 6.61 Å². The van der Waals surface area contributed by atoms with E-state index < -0.39 is 5.97 Å². The zero-order valence-electron chi connectivity index (χ0n) is 9.04. The van der Waals surface area contributed by atoms with Crippen LogP contribution in [0.1, 0.15) is 39.0 Å². The number of rotatable bonds is 2. The lowest BCUT2D eigenvalue weighted by molar-refractivity contribution is -0.136. The van der Waals surface area contributed by atoms with Crippen LogP contribution in [-0.2, 0) is 14.3 Å². The predicted octanol–water partition coefficient (Wildman–Crippen LogP) is 1.70. The van der Waals surface area contributed by atoms with E-state index in [2.05, 4.69) is 16.6 Å². The molecule has 3 heteroatoms. The number of hydrogen-bond donors (Lipinski definition) is 0. The standard InChI is InChI=1S/C12H16O3/c1-2-15-12(14)9-8-11(13)10-6-4-3-5-7-10/h10H,2-7H2,1H3. The number of esters is 1. The lowest BCUT2D eigenvalue weighted by atomic mass is 9.86. The minimum Gasteiger partial charge on any atom is -0.456 e. The van der Waals surface area contributed by atoms with Crippen LogP contribution in [0, 0.1) is 17.8 Å². The quantitative estimate of drug-likeness (QED) is 0.300. The molecule has 1 saturated carbocycles. The molecule has 0 saturated heterocycles. The molecular weight excluding hydrogens is 192 g/mol. The van der Waals surface area contributed by atoms with Crippen molar-refractivity contribution in [2.24, 2.45) is 5.92 Å². The first kappa shape index (κ1) is 11.8. The fraction of sp³-hybridized carbons (Fsp3) is 0.667. The highest BCUT2D eigenvalue weighted by atomic mass is 16.5. The van der Waals surface area contributed by atoms with E-state index in [4.69, 9.17) is 0 Å². The van der Waals surface area contributed by atoms with E-state index in [1.165, 1.54) is 6.42 Å². The maximum Gasteiger partial charge on any atom is 0.384 e. The summed E-state index contributed by atoms with van der Waals surface area (Å²) in [5, 5.41) is 0. The molecule has 0 heterocycles. The molecule has 0 bridgehead atoms. The van der Waals surface area contributed by atoms with E-state index in [1.54, 1.807) is 6.92 Å². The van der Waals surface area contributed by atoms with Crippen molar-refractivity contribution in [1.29, 1.82) is 0 Å². The normalized spacial score (nSPS) is 16.3. The highest BCUT2D eigenvalue weighted by Gasteiger charge is 2.19. The molecule has 0 aliphatic heterocycles. The number of hydrogen-bond acceptors (Lipinski definition) is 3. The molecule has 0 radical (unpaired) electrons. The molecule has 0 amide bonds. The van der Waals surface area contributed by atoms with Crippen LogP contribution in [0.3, 0.4) is 0 Å². The van der Waals surface area contributed by atoms with Gasteiger partial charge in [-0.05, 0) is 25.7 Å². The molecule has 0 N–H and O–H groups in total. The van der Waals surface area contributed by atoms with Crippen molar-refractivity contribution in [1.82, 2.24) is 0 Å². The fourth-order valence-corrected chi connectivity index (χ4v) is 1.75. The van der Waals surface area contributed by atoms with Gasteiger partial charge in [0, 0.05) is 11.8 Å². The summed E-state index contributed by atoms with van der Waals surface area (Å²) in [5.74, 6) is 3.92. The van der Waals surface area contributed by atoms with Crippen molar-refractivity contribution in [3.8, 4) is 11.8 Å². The maximum absolute atomic E-state index is 11.5. The summed E-state index contributed by atoms with van der Waals surface area (Å²) < 4.78 is 4.61. The van der Waals surface area contributed by atoms with Gasteiger partial charge in [-0.3, -0.25) is 4.79 Å². The van der Waals surface area contributed by atoms with Crippen molar-refractivity contribution in [3.63, 3.8) is 0 Å². The molecule has 15 heavy (non-hydrogen) atoms.